The number of nitrogens with one attached hydrogen (secondary N) is 2. The lowest BCUT2D eigenvalue weighted by atomic mass is 9.92. The van der Waals surface area contributed by atoms with E-state index < -0.39 is 29.9 Å². The minimum Gasteiger partial charge on any atom is -0.497 e. The van der Waals surface area contributed by atoms with Gasteiger partial charge in [-0.05, 0) is 43.7 Å². The summed E-state index contributed by atoms with van der Waals surface area (Å²) >= 11 is 0. The van der Waals surface area contributed by atoms with Crippen LogP contribution >= 0.6 is 0 Å². The second-order valence-corrected chi connectivity index (χ2v) is 6.82. The van der Waals surface area contributed by atoms with Crippen molar-refractivity contribution in [3.63, 3.8) is 0 Å². The van der Waals surface area contributed by atoms with E-state index in [1.165, 1.54) is 14.0 Å². The zero-order valence-corrected chi connectivity index (χ0v) is 16.3. The number of methoxy groups -OCH3 is 1. The van der Waals surface area contributed by atoms with E-state index in [4.69, 9.17) is 4.74 Å². The van der Waals surface area contributed by atoms with Crippen molar-refractivity contribution in [2.24, 2.45) is 0 Å². The van der Waals surface area contributed by atoms with Crippen LogP contribution in [0, 0.1) is 0 Å². The first kappa shape index (κ1) is 20.1. The summed E-state index contributed by atoms with van der Waals surface area (Å²) in [6.45, 7) is 2.50. The SMILES string of the molecule is COc1ccc([C@@]2(C)NC(=O)N(CC(=O)Nc3ccccc3C(C)=O)C2=O)cc1. The molecule has 0 saturated carbocycles. The number of nitrogens with zero attached hydrogens (tertiary/aromatic N) is 1. The van der Waals surface area contributed by atoms with Gasteiger partial charge in [-0.1, -0.05) is 24.3 Å². The maximum atomic E-state index is 12.9. The molecule has 1 fully saturated rings. The average molecular weight is 395 g/mol. The van der Waals surface area contributed by atoms with Gasteiger partial charge in [0.15, 0.2) is 5.78 Å². The van der Waals surface area contributed by atoms with Crippen LogP contribution in [0.5, 0.6) is 5.75 Å². The summed E-state index contributed by atoms with van der Waals surface area (Å²) in [6, 6.07) is 12.6. The van der Waals surface area contributed by atoms with Gasteiger partial charge in [-0.3, -0.25) is 19.3 Å². The van der Waals surface area contributed by atoms with E-state index in [0.29, 0.717) is 22.6 Å². The molecule has 150 valence electrons. The zero-order valence-electron chi connectivity index (χ0n) is 16.3. The smallest absolute Gasteiger partial charge is 0.325 e. The first-order valence-electron chi connectivity index (χ1n) is 8.94. The van der Waals surface area contributed by atoms with Crippen LogP contribution in [0.2, 0.25) is 0 Å². The van der Waals surface area contributed by atoms with Gasteiger partial charge in [0.2, 0.25) is 5.91 Å². The molecule has 0 unspecified atom stereocenters. The van der Waals surface area contributed by atoms with Crippen molar-refractivity contribution in [1.82, 2.24) is 10.2 Å². The molecule has 8 heteroatoms. The summed E-state index contributed by atoms with van der Waals surface area (Å²) in [5.74, 6) is -0.707. The van der Waals surface area contributed by atoms with Crippen LogP contribution in [-0.4, -0.2) is 42.2 Å². The van der Waals surface area contributed by atoms with Crippen molar-refractivity contribution in [2.45, 2.75) is 19.4 Å². The van der Waals surface area contributed by atoms with Crippen LogP contribution < -0.4 is 15.4 Å². The van der Waals surface area contributed by atoms with Crippen LogP contribution in [0.1, 0.15) is 29.8 Å². The summed E-state index contributed by atoms with van der Waals surface area (Å²) in [6.07, 6.45) is 0. The monoisotopic (exact) mass is 395 g/mol. The van der Waals surface area contributed by atoms with Gasteiger partial charge in [0, 0.05) is 5.56 Å². The molecule has 0 radical (unpaired) electrons. The number of ether oxygens (including phenoxy) is 1. The molecule has 29 heavy (non-hydrogen) atoms. The molecule has 0 bridgehead atoms. The van der Waals surface area contributed by atoms with Crippen molar-refractivity contribution in [2.75, 3.05) is 19.0 Å². The maximum Gasteiger partial charge on any atom is 0.325 e. The molecule has 3 rings (SSSR count). The van der Waals surface area contributed by atoms with E-state index in [1.807, 2.05) is 0 Å². The Morgan fingerprint density at radius 3 is 2.38 bits per heavy atom. The predicted molar refractivity (Wildman–Crippen MR) is 106 cm³/mol. The molecule has 8 nitrogen and oxygen atoms in total. The first-order valence-corrected chi connectivity index (χ1v) is 8.94. The topological polar surface area (TPSA) is 105 Å². The average Bonchev–Trinajstić information content (AvgIpc) is 2.92. The number of urea groups is 1. The fourth-order valence-electron chi connectivity index (χ4n) is 3.19. The number of carbonyl (C=O) groups excluding carboxylic acids is 4. The third-order valence-electron chi connectivity index (χ3n) is 4.82. The van der Waals surface area contributed by atoms with E-state index in [0.717, 1.165) is 4.90 Å². The molecule has 1 atom stereocenters. The molecule has 1 aliphatic heterocycles. The van der Waals surface area contributed by atoms with Crippen LogP contribution in [0.3, 0.4) is 0 Å². The summed E-state index contributed by atoms with van der Waals surface area (Å²) in [7, 11) is 1.53. The molecule has 2 N–H and O–H groups in total. The lowest BCUT2D eigenvalue weighted by Gasteiger charge is -2.22. The van der Waals surface area contributed by atoms with Crippen molar-refractivity contribution < 1.29 is 23.9 Å². The number of benzene rings is 2. The highest BCUT2D eigenvalue weighted by atomic mass is 16.5. The van der Waals surface area contributed by atoms with E-state index in [9.17, 15) is 19.2 Å². The van der Waals surface area contributed by atoms with Gasteiger partial charge in [0.05, 0.1) is 12.8 Å². The van der Waals surface area contributed by atoms with Crippen LogP contribution in [0.15, 0.2) is 48.5 Å². The summed E-state index contributed by atoms with van der Waals surface area (Å²) in [5, 5.41) is 5.24. The highest BCUT2D eigenvalue weighted by Gasteiger charge is 2.49. The Hall–Kier alpha value is -3.68. The maximum absolute atomic E-state index is 12.9. The van der Waals surface area contributed by atoms with Crippen molar-refractivity contribution in [1.29, 1.82) is 0 Å². The quantitative estimate of drug-likeness (QED) is 0.577. The fraction of sp³-hybridized carbons (Fsp3) is 0.238. The van der Waals surface area contributed by atoms with E-state index >= 15 is 0 Å². The van der Waals surface area contributed by atoms with Crippen LogP contribution in [-0.2, 0) is 15.1 Å². The van der Waals surface area contributed by atoms with Crippen molar-refractivity contribution in [3.05, 3.63) is 59.7 Å². The van der Waals surface area contributed by atoms with Crippen molar-refractivity contribution >= 4 is 29.3 Å². The third-order valence-corrected chi connectivity index (χ3v) is 4.82. The highest BCUT2D eigenvalue weighted by Crippen LogP contribution is 2.30. The second kappa shape index (κ2) is 7.75. The second-order valence-electron chi connectivity index (χ2n) is 6.82. The standard InChI is InChI=1S/C21H21N3O5/c1-13(25)16-6-4-5-7-17(16)22-18(26)12-24-19(27)21(2,23-20(24)28)14-8-10-15(29-3)11-9-14/h4-11H,12H2,1-3H3,(H,22,26)(H,23,28)/t21-/m1/s1. The Balaban J connectivity index is 1.76. The van der Waals surface area contributed by atoms with Crippen LogP contribution in [0.25, 0.3) is 0 Å². The molecule has 4 amide bonds. The van der Waals surface area contributed by atoms with Gasteiger partial charge in [-0.15, -0.1) is 0 Å². The molecule has 2 aromatic carbocycles. The number of rotatable bonds is 6. The van der Waals surface area contributed by atoms with Crippen LogP contribution in [0.4, 0.5) is 10.5 Å². The number of carbonyl (C=O) groups is 4. The zero-order chi connectivity index (χ0) is 21.2. The summed E-state index contributed by atoms with van der Waals surface area (Å²) in [5.41, 5.74) is -0.0430. The van der Waals surface area contributed by atoms with Gasteiger partial charge in [0.1, 0.15) is 17.8 Å². The number of imide groups is 1. The number of hydrogen-bond donors (Lipinski definition) is 2. The molecule has 1 aliphatic rings. The van der Waals surface area contributed by atoms with Crippen molar-refractivity contribution in [3.8, 4) is 5.75 Å². The Kier molecular flexibility index (Phi) is 5.36. The minimum atomic E-state index is -1.29. The predicted octanol–water partition coefficient (Wildman–Crippen LogP) is 2.30. The van der Waals surface area contributed by atoms with Gasteiger partial charge in [-0.2, -0.15) is 0 Å². The number of anilines is 1. The van der Waals surface area contributed by atoms with Gasteiger partial charge >= 0.3 is 6.03 Å². The Morgan fingerprint density at radius 2 is 1.76 bits per heavy atom. The first-order chi connectivity index (χ1) is 13.8. The lowest BCUT2D eigenvalue weighted by molar-refractivity contribution is -0.133. The number of amides is 4. The van der Waals surface area contributed by atoms with Gasteiger partial charge < -0.3 is 15.4 Å². The molecular formula is C21H21N3O5. The highest BCUT2D eigenvalue weighted by molar-refractivity contribution is 6.11. The summed E-state index contributed by atoms with van der Waals surface area (Å²) in [4.78, 5) is 50.3. The number of Topliss-reactive ketones (excluding diaryl/α,β-unsaturated/α-hetero) is 1. The molecular weight excluding hydrogens is 374 g/mol. The number of para-hydroxylation sites is 1. The Morgan fingerprint density at radius 1 is 1.10 bits per heavy atom. The Bertz CT molecular complexity index is 986. The van der Waals surface area contributed by atoms with Gasteiger partial charge in [-0.25, -0.2) is 4.79 Å². The third kappa shape index (κ3) is 3.82. The van der Waals surface area contributed by atoms with E-state index in [2.05, 4.69) is 10.6 Å². The minimum absolute atomic E-state index is 0.206. The lowest BCUT2D eigenvalue weighted by Crippen LogP contribution is -2.42. The molecule has 1 saturated heterocycles. The molecule has 0 aliphatic carbocycles. The van der Waals surface area contributed by atoms with E-state index in [-0.39, 0.29) is 5.78 Å². The molecule has 2 aromatic rings. The van der Waals surface area contributed by atoms with Gasteiger partial charge in [0.25, 0.3) is 5.91 Å². The largest absolute Gasteiger partial charge is 0.497 e. The normalized spacial score (nSPS) is 18.4. The Labute approximate surface area is 167 Å². The number of ketones is 1. The fourth-order valence-corrected chi connectivity index (χ4v) is 3.19. The summed E-state index contributed by atoms with van der Waals surface area (Å²) < 4.78 is 5.11. The molecule has 1 heterocycles. The van der Waals surface area contributed by atoms with E-state index in [1.54, 1.807) is 55.5 Å². The number of hydrogen-bond acceptors (Lipinski definition) is 5. The molecule has 0 aromatic heterocycles. The molecule has 0 spiro atoms.